The first kappa shape index (κ1) is 14.6. The third-order valence-electron chi connectivity index (χ3n) is 2.55. The molecule has 1 aromatic rings. The molecule has 0 unspecified atom stereocenters. The van der Waals surface area contributed by atoms with Crippen LogP contribution in [0.25, 0.3) is 0 Å². The van der Waals surface area contributed by atoms with Crippen LogP contribution in [0.4, 0.5) is 5.69 Å². The van der Waals surface area contributed by atoms with E-state index in [1.807, 2.05) is 19.9 Å². The second kappa shape index (κ2) is 7.10. The fourth-order valence-corrected chi connectivity index (χ4v) is 1.39. The minimum atomic E-state index is -0.544. The van der Waals surface area contributed by atoms with Crippen LogP contribution in [0.2, 0.25) is 0 Å². The Bertz CT molecular complexity index is 515. The number of nitrogens with zero attached hydrogens (tertiary/aromatic N) is 1. The van der Waals surface area contributed by atoms with E-state index >= 15 is 0 Å². The van der Waals surface area contributed by atoms with E-state index in [-0.39, 0.29) is 11.3 Å². The first-order chi connectivity index (χ1) is 9.08. The van der Waals surface area contributed by atoms with Crippen molar-refractivity contribution in [3.8, 4) is 0 Å². The molecule has 1 aromatic carbocycles. The fraction of sp³-hybridized carbons (Fsp3) is 0.214. The molecule has 0 saturated carbocycles. The van der Waals surface area contributed by atoms with Gasteiger partial charge < -0.3 is 4.74 Å². The fourth-order valence-electron chi connectivity index (χ4n) is 1.39. The monoisotopic (exact) mass is 261 g/mol. The number of carbonyl (C=O) groups excluding carboxylic acids is 1. The van der Waals surface area contributed by atoms with Crippen molar-refractivity contribution in [1.29, 1.82) is 0 Å². The SMILES string of the molecule is CC=C(C=COC(=O)c1ccc([N+](=O)[O-])cc1)CC. The molecule has 0 amide bonds. The second-order valence-electron chi connectivity index (χ2n) is 3.73. The molecule has 0 aliphatic heterocycles. The van der Waals surface area contributed by atoms with E-state index in [4.69, 9.17) is 4.74 Å². The third-order valence-corrected chi connectivity index (χ3v) is 2.55. The number of ether oxygens (including phenoxy) is 1. The molecular formula is C14H15NO4. The molecule has 1 rings (SSSR count). The summed E-state index contributed by atoms with van der Waals surface area (Å²) in [5.74, 6) is -0.544. The highest BCUT2D eigenvalue weighted by Crippen LogP contribution is 2.13. The van der Waals surface area contributed by atoms with Gasteiger partial charge in [0.2, 0.25) is 0 Å². The zero-order valence-electron chi connectivity index (χ0n) is 10.8. The van der Waals surface area contributed by atoms with Crippen LogP contribution in [0.3, 0.4) is 0 Å². The smallest absolute Gasteiger partial charge is 0.342 e. The zero-order valence-corrected chi connectivity index (χ0v) is 10.8. The molecule has 0 bridgehead atoms. The molecule has 0 aliphatic rings. The number of carbonyl (C=O) groups is 1. The maximum absolute atomic E-state index is 11.6. The number of nitro groups is 1. The lowest BCUT2D eigenvalue weighted by molar-refractivity contribution is -0.384. The van der Waals surface area contributed by atoms with Crippen LogP contribution in [0.15, 0.2) is 48.3 Å². The maximum Gasteiger partial charge on any atom is 0.342 e. The van der Waals surface area contributed by atoms with Crippen molar-refractivity contribution < 1.29 is 14.5 Å². The van der Waals surface area contributed by atoms with Crippen molar-refractivity contribution in [2.45, 2.75) is 20.3 Å². The second-order valence-corrected chi connectivity index (χ2v) is 3.73. The Morgan fingerprint density at radius 1 is 1.37 bits per heavy atom. The van der Waals surface area contributed by atoms with Crippen LogP contribution >= 0.6 is 0 Å². The molecule has 0 saturated heterocycles. The Balaban J connectivity index is 2.66. The van der Waals surface area contributed by atoms with Crippen LogP contribution in [0.5, 0.6) is 0 Å². The summed E-state index contributed by atoms with van der Waals surface area (Å²) in [5, 5.41) is 10.5. The van der Waals surface area contributed by atoms with Gasteiger partial charge in [-0.05, 0) is 37.1 Å². The van der Waals surface area contributed by atoms with Crippen LogP contribution in [0.1, 0.15) is 30.6 Å². The number of allylic oxidation sites excluding steroid dienone is 3. The number of nitro benzene ring substituents is 1. The van der Waals surface area contributed by atoms with Crippen molar-refractivity contribution in [2.75, 3.05) is 0 Å². The van der Waals surface area contributed by atoms with E-state index < -0.39 is 10.9 Å². The summed E-state index contributed by atoms with van der Waals surface area (Å²) in [6.45, 7) is 3.90. The summed E-state index contributed by atoms with van der Waals surface area (Å²) in [6.07, 6.45) is 5.81. The molecule has 0 N–H and O–H groups in total. The summed E-state index contributed by atoms with van der Waals surface area (Å²) in [4.78, 5) is 21.6. The summed E-state index contributed by atoms with van der Waals surface area (Å²) in [5.41, 5.74) is 1.26. The summed E-state index contributed by atoms with van der Waals surface area (Å²) in [6, 6.07) is 5.27. The number of rotatable bonds is 5. The van der Waals surface area contributed by atoms with E-state index in [0.29, 0.717) is 0 Å². The molecule has 0 heterocycles. The largest absolute Gasteiger partial charge is 0.431 e. The number of non-ortho nitro benzene ring substituents is 1. The number of benzene rings is 1. The lowest BCUT2D eigenvalue weighted by Crippen LogP contribution is -2.00. The molecule has 0 radical (unpaired) electrons. The molecule has 0 aliphatic carbocycles. The van der Waals surface area contributed by atoms with Crippen molar-refractivity contribution >= 4 is 11.7 Å². The van der Waals surface area contributed by atoms with Gasteiger partial charge in [0.15, 0.2) is 0 Å². The Morgan fingerprint density at radius 2 is 2.00 bits per heavy atom. The Morgan fingerprint density at radius 3 is 2.47 bits per heavy atom. The third kappa shape index (κ3) is 4.39. The molecule has 0 aromatic heterocycles. The van der Waals surface area contributed by atoms with Crippen LogP contribution in [-0.2, 0) is 4.74 Å². The van der Waals surface area contributed by atoms with E-state index in [0.717, 1.165) is 12.0 Å². The van der Waals surface area contributed by atoms with Crippen LogP contribution < -0.4 is 0 Å². The maximum atomic E-state index is 11.6. The average Bonchev–Trinajstić information content (AvgIpc) is 2.43. The van der Waals surface area contributed by atoms with Gasteiger partial charge in [0, 0.05) is 12.1 Å². The highest BCUT2D eigenvalue weighted by molar-refractivity contribution is 5.90. The molecule has 5 nitrogen and oxygen atoms in total. The standard InChI is InChI=1S/C14H15NO4/c1-3-11(4-2)9-10-19-14(16)12-5-7-13(8-6-12)15(17)18/h3,5-10H,4H2,1-2H3. The van der Waals surface area contributed by atoms with E-state index in [2.05, 4.69) is 0 Å². The van der Waals surface area contributed by atoms with Gasteiger partial charge in [0.25, 0.3) is 5.69 Å². The molecule has 5 heteroatoms. The van der Waals surface area contributed by atoms with Gasteiger partial charge in [-0.3, -0.25) is 10.1 Å². The lowest BCUT2D eigenvalue weighted by Gasteiger charge is -1.99. The van der Waals surface area contributed by atoms with E-state index in [1.165, 1.54) is 30.5 Å². The summed E-state index contributed by atoms with van der Waals surface area (Å²) < 4.78 is 4.93. The van der Waals surface area contributed by atoms with Gasteiger partial charge in [-0.15, -0.1) is 0 Å². The van der Waals surface area contributed by atoms with Gasteiger partial charge in [-0.25, -0.2) is 4.79 Å². The van der Waals surface area contributed by atoms with Crippen molar-refractivity contribution in [2.24, 2.45) is 0 Å². The van der Waals surface area contributed by atoms with Gasteiger partial charge in [0.05, 0.1) is 16.7 Å². The van der Waals surface area contributed by atoms with Crippen molar-refractivity contribution in [3.63, 3.8) is 0 Å². The molecule has 19 heavy (non-hydrogen) atoms. The average molecular weight is 261 g/mol. The van der Waals surface area contributed by atoms with Gasteiger partial charge in [-0.2, -0.15) is 0 Å². The minimum Gasteiger partial charge on any atom is -0.431 e. The Labute approximate surface area is 111 Å². The first-order valence-corrected chi connectivity index (χ1v) is 5.85. The quantitative estimate of drug-likeness (QED) is 0.267. The summed E-state index contributed by atoms with van der Waals surface area (Å²) in [7, 11) is 0. The van der Waals surface area contributed by atoms with Crippen LogP contribution in [-0.4, -0.2) is 10.9 Å². The number of hydrogen-bond donors (Lipinski definition) is 0. The van der Waals surface area contributed by atoms with Crippen molar-refractivity contribution in [1.82, 2.24) is 0 Å². The molecular weight excluding hydrogens is 246 g/mol. The molecule has 0 atom stereocenters. The predicted molar refractivity (Wildman–Crippen MR) is 71.7 cm³/mol. The van der Waals surface area contributed by atoms with Crippen molar-refractivity contribution in [3.05, 3.63) is 63.9 Å². The lowest BCUT2D eigenvalue weighted by atomic mass is 10.2. The minimum absolute atomic E-state index is 0.0609. The van der Waals surface area contributed by atoms with Gasteiger partial charge in [0.1, 0.15) is 0 Å². The molecule has 0 spiro atoms. The highest BCUT2D eigenvalue weighted by Gasteiger charge is 2.09. The predicted octanol–water partition coefficient (Wildman–Crippen LogP) is 3.62. The first-order valence-electron chi connectivity index (χ1n) is 5.85. The molecule has 100 valence electrons. The van der Waals surface area contributed by atoms with Gasteiger partial charge >= 0.3 is 5.97 Å². The highest BCUT2D eigenvalue weighted by atomic mass is 16.6. The Kier molecular flexibility index (Phi) is 5.47. The zero-order chi connectivity index (χ0) is 14.3. The number of esters is 1. The summed E-state index contributed by atoms with van der Waals surface area (Å²) >= 11 is 0. The Hall–Kier alpha value is -2.43. The number of hydrogen-bond acceptors (Lipinski definition) is 4. The topological polar surface area (TPSA) is 69.4 Å². The van der Waals surface area contributed by atoms with E-state index in [9.17, 15) is 14.9 Å². The van der Waals surface area contributed by atoms with Crippen LogP contribution in [0, 0.1) is 10.1 Å². The normalized spacial score (nSPS) is 11.6. The van der Waals surface area contributed by atoms with Gasteiger partial charge in [-0.1, -0.05) is 13.0 Å². The van der Waals surface area contributed by atoms with E-state index in [1.54, 1.807) is 6.08 Å². The molecule has 0 fully saturated rings.